The third-order valence-corrected chi connectivity index (χ3v) is 5.94. The summed E-state index contributed by atoms with van der Waals surface area (Å²) in [5.41, 5.74) is -0.365. The molecule has 3 unspecified atom stereocenters. The van der Waals surface area contributed by atoms with Gasteiger partial charge in [0.05, 0.1) is 33.0 Å². The van der Waals surface area contributed by atoms with Crippen LogP contribution in [-0.4, -0.2) is 81.1 Å². The Morgan fingerprint density at radius 2 is 1.53 bits per heavy atom. The number of hydrogen-bond donors (Lipinski definition) is 0. The maximum Gasteiger partial charge on any atom is 0.533 e. The van der Waals surface area contributed by atoms with Crippen LogP contribution in [0.25, 0.3) is 0 Å². The molecule has 0 aliphatic carbocycles. The molecule has 0 aromatic rings. The predicted molar refractivity (Wildman–Crippen MR) is 66.8 cm³/mol. The molecule has 2 rings (SSSR count). The molecule has 0 bridgehead atoms. The molecule has 3 atom stereocenters. The topological polar surface area (TPSA) is 71.2 Å². The Morgan fingerprint density at radius 1 is 1.00 bits per heavy atom. The number of rotatable bonds is 11. The lowest BCUT2D eigenvalue weighted by molar-refractivity contribution is -0.0364. The first kappa shape index (κ1) is 15.3. The van der Waals surface area contributed by atoms with E-state index in [0.29, 0.717) is 19.8 Å². The summed E-state index contributed by atoms with van der Waals surface area (Å²) in [6.45, 7) is 2.92. The van der Waals surface area contributed by atoms with Crippen LogP contribution in [0, 0.1) is 0 Å². The Balaban J connectivity index is 1.84. The van der Waals surface area contributed by atoms with Crippen LogP contribution in [-0.2, 0) is 32.2 Å². The predicted octanol–water partition coefficient (Wildman–Crippen LogP) is -0.397. The summed E-state index contributed by atoms with van der Waals surface area (Å²) in [7, 11) is 1.81. The molecule has 0 aromatic heterocycles. The van der Waals surface area contributed by atoms with Crippen molar-refractivity contribution in [3.63, 3.8) is 0 Å². The summed E-state index contributed by atoms with van der Waals surface area (Å²) in [6.07, 6.45) is 0.391. The second-order valence-corrected chi connectivity index (χ2v) is 7.56. The monoisotopic (exact) mass is 294 g/mol. The lowest BCUT2D eigenvalue weighted by Gasteiger charge is -2.31. The summed E-state index contributed by atoms with van der Waals surface area (Å²) < 4.78 is 37.9. The number of ether oxygens (including phenoxy) is 4. The van der Waals surface area contributed by atoms with Crippen molar-refractivity contribution in [3.05, 3.63) is 0 Å². The molecule has 0 radical (unpaired) electrons. The van der Waals surface area contributed by atoms with Crippen LogP contribution in [0.5, 0.6) is 0 Å². The molecule has 7 nitrogen and oxygen atoms in total. The van der Waals surface area contributed by atoms with E-state index in [1.54, 1.807) is 21.3 Å². The van der Waals surface area contributed by atoms with Crippen molar-refractivity contribution in [1.29, 1.82) is 0 Å². The first-order chi connectivity index (χ1) is 9.24. The molecule has 0 amide bonds. The number of epoxide rings is 2. The minimum atomic E-state index is -2.88. The first-order valence-electron chi connectivity index (χ1n) is 6.32. The molecule has 2 aliphatic heterocycles. The lowest BCUT2D eigenvalue weighted by Crippen LogP contribution is -2.57. The van der Waals surface area contributed by atoms with Crippen LogP contribution >= 0.6 is 0 Å². The minimum Gasteiger partial charge on any atom is -0.376 e. The lowest BCUT2D eigenvalue weighted by atomic mass is 10.5. The zero-order valence-electron chi connectivity index (χ0n) is 11.6. The van der Waals surface area contributed by atoms with Crippen molar-refractivity contribution in [2.24, 2.45) is 0 Å². The smallest absolute Gasteiger partial charge is 0.376 e. The van der Waals surface area contributed by atoms with Gasteiger partial charge >= 0.3 is 8.80 Å². The van der Waals surface area contributed by atoms with E-state index in [-0.39, 0.29) is 17.9 Å². The fourth-order valence-corrected chi connectivity index (χ4v) is 3.67. The highest BCUT2D eigenvalue weighted by Gasteiger charge is 2.49. The molecule has 2 aliphatic rings. The number of hydrogen-bond acceptors (Lipinski definition) is 7. The van der Waals surface area contributed by atoms with E-state index < -0.39 is 8.80 Å². The van der Waals surface area contributed by atoms with Gasteiger partial charge in [-0.25, -0.2) is 0 Å². The van der Waals surface area contributed by atoms with Gasteiger partial charge in [0.15, 0.2) is 5.73 Å². The van der Waals surface area contributed by atoms with Gasteiger partial charge in [-0.2, -0.15) is 0 Å². The average molecular weight is 294 g/mol. The Kier molecular flexibility index (Phi) is 5.72. The molecular formula is C11H22O7Si. The molecule has 2 fully saturated rings. The molecular weight excluding hydrogens is 272 g/mol. The molecule has 2 heterocycles. The Morgan fingerprint density at radius 3 is 2.00 bits per heavy atom. The summed E-state index contributed by atoms with van der Waals surface area (Å²) in [5, 5.41) is 0. The quantitative estimate of drug-likeness (QED) is 0.379. The van der Waals surface area contributed by atoms with Crippen molar-refractivity contribution < 1.29 is 32.2 Å². The normalized spacial score (nSPS) is 27.3. The van der Waals surface area contributed by atoms with Crippen molar-refractivity contribution in [2.75, 3.05) is 54.4 Å². The maximum atomic E-state index is 5.80. The van der Waals surface area contributed by atoms with Gasteiger partial charge in [0, 0.05) is 21.3 Å². The fraction of sp³-hybridized carbons (Fsp3) is 1.00. The molecule has 0 spiro atoms. The highest BCUT2D eigenvalue weighted by Crippen LogP contribution is 2.19. The van der Waals surface area contributed by atoms with Crippen LogP contribution in [0.2, 0.25) is 0 Å². The van der Waals surface area contributed by atoms with Crippen molar-refractivity contribution >= 4 is 8.80 Å². The average Bonchev–Trinajstić information content (AvgIpc) is 3.31. The first-order valence-corrected chi connectivity index (χ1v) is 8.12. The second kappa shape index (κ2) is 7.09. The second-order valence-electron chi connectivity index (χ2n) is 4.49. The summed E-state index contributed by atoms with van der Waals surface area (Å²) >= 11 is 0. The van der Waals surface area contributed by atoms with Crippen molar-refractivity contribution in [2.45, 2.75) is 17.9 Å². The van der Waals surface area contributed by atoms with E-state index in [0.717, 1.165) is 13.2 Å². The van der Waals surface area contributed by atoms with Crippen LogP contribution in [0.15, 0.2) is 0 Å². The summed E-state index contributed by atoms with van der Waals surface area (Å²) in [6, 6.07) is 0. The van der Waals surface area contributed by atoms with Gasteiger partial charge in [-0.05, 0) is 0 Å². The van der Waals surface area contributed by atoms with Crippen LogP contribution in [0.4, 0.5) is 0 Å². The Hall–Kier alpha value is -0.0631. The highest BCUT2D eigenvalue weighted by atomic mass is 28.4. The van der Waals surface area contributed by atoms with E-state index in [1.807, 2.05) is 0 Å². The molecule has 0 aromatic carbocycles. The van der Waals surface area contributed by atoms with Gasteiger partial charge in [0.1, 0.15) is 12.2 Å². The van der Waals surface area contributed by atoms with Crippen LogP contribution in [0.1, 0.15) is 0 Å². The van der Waals surface area contributed by atoms with Crippen molar-refractivity contribution in [1.82, 2.24) is 0 Å². The van der Waals surface area contributed by atoms with E-state index >= 15 is 0 Å². The third kappa shape index (κ3) is 4.47. The van der Waals surface area contributed by atoms with Gasteiger partial charge in [-0.3, -0.25) is 0 Å². The standard InChI is InChI=1S/C11H22O7Si/c1-12-19(13-2,14-3)11(18-7-10-6-17-10)8-15-4-9-5-16-9/h9-11H,4-8H2,1-3H3. The summed E-state index contributed by atoms with van der Waals surface area (Å²) in [4.78, 5) is 0. The Labute approximate surface area is 114 Å². The Bertz CT molecular complexity index is 258. The largest absolute Gasteiger partial charge is 0.533 e. The molecule has 112 valence electrons. The van der Waals surface area contributed by atoms with E-state index in [9.17, 15) is 0 Å². The van der Waals surface area contributed by atoms with E-state index in [4.69, 9.17) is 32.2 Å². The summed E-state index contributed by atoms with van der Waals surface area (Å²) in [5.74, 6) is 0. The third-order valence-electron chi connectivity index (χ3n) is 3.11. The van der Waals surface area contributed by atoms with Crippen LogP contribution < -0.4 is 0 Å². The van der Waals surface area contributed by atoms with E-state index in [2.05, 4.69) is 0 Å². The SMILES string of the molecule is CO[Si](OC)(OC)C(COCC1CO1)OCC1CO1. The van der Waals surface area contributed by atoms with Gasteiger partial charge in [0.25, 0.3) is 0 Å². The van der Waals surface area contributed by atoms with Gasteiger partial charge < -0.3 is 32.2 Å². The van der Waals surface area contributed by atoms with Gasteiger partial charge in [-0.15, -0.1) is 0 Å². The molecule has 19 heavy (non-hydrogen) atoms. The fourth-order valence-electron chi connectivity index (χ4n) is 1.76. The zero-order valence-corrected chi connectivity index (χ0v) is 12.6. The van der Waals surface area contributed by atoms with Gasteiger partial charge in [0.2, 0.25) is 0 Å². The highest BCUT2D eigenvalue weighted by molar-refractivity contribution is 6.62. The van der Waals surface area contributed by atoms with E-state index in [1.165, 1.54) is 0 Å². The molecule has 8 heteroatoms. The molecule has 0 saturated carbocycles. The minimum absolute atomic E-state index is 0.173. The van der Waals surface area contributed by atoms with Crippen molar-refractivity contribution in [3.8, 4) is 0 Å². The molecule has 0 N–H and O–H groups in total. The maximum absolute atomic E-state index is 5.80. The van der Waals surface area contributed by atoms with Gasteiger partial charge in [-0.1, -0.05) is 0 Å². The van der Waals surface area contributed by atoms with Crippen LogP contribution in [0.3, 0.4) is 0 Å². The zero-order chi connectivity index (χ0) is 13.7. The molecule has 2 saturated heterocycles.